The minimum Gasteiger partial charge on any atom is -0.457 e. The largest absolute Gasteiger partial charge is 0.457 e. The normalized spacial score (nSPS) is 12.6. The Bertz CT molecular complexity index is 1100. The summed E-state index contributed by atoms with van der Waals surface area (Å²) in [4.78, 5) is 13.0. The fourth-order valence-corrected chi connectivity index (χ4v) is 3.37. The number of hydrogen-bond acceptors (Lipinski definition) is 5. The second-order valence-electron chi connectivity index (χ2n) is 7.60. The molecule has 3 rings (SSSR count). The molecule has 2 atom stereocenters. The van der Waals surface area contributed by atoms with E-state index in [0.717, 1.165) is 0 Å². The van der Waals surface area contributed by atoms with Crippen LogP contribution in [0.15, 0.2) is 78.9 Å². The molecule has 5 nitrogen and oxygen atoms in total. The molecule has 0 fully saturated rings. The fraction of sp³-hybridized carbons (Fsp3) is 0.231. The summed E-state index contributed by atoms with van der Waals surface area (Å²) in [5.41, 5.74) is 1.05. The highest BCUT2D eigenvalue weighted by molar-refractivity contribution is 5.79. The molecule has 3 aromatic carbocycles. The highest BCUT2D eigenvalue weighted by atomic mass is 19.3. The average Bonchev–Trinajstić information content (AvgIpc) is 2.79. The number of nitrogens with zero attached hydrogens (tertiary/aromatic N) is 1. The van der Waals surface area contributed by atoms with Crippen LogP contribution in [0.5, 0.6) is 17.2 Å². The number of hydrogen-bond donors (Lipinski definition) is 0. The maximum Gasteiger partial charge on any atom is 0.387 e. The SMILES string of the molecule is CC(C)[C@H](C(=O)OC(C#N)c1cccc(Oc2ccccc2)c1)c1ccc(OC(F)F)cc1. The van der Waals surface area contributed by atoms with Crippen LogP contribution in [0.25, 0.3) is 0 Å². The van der Waals surface area contributed by atoms with Gasteiger partial charge in [0.1, 0.15) is 23.3 Å². The predicted octanol–water partition coefficient (Wildman–Crippen LogP) is 6.63. The van der Waals surface area contributed by atoms with Crippen molar-refractivity contribution in [3.63, 3.8) is 0 Å². The quantitative estimate of drug-likeness (QED) is 0.342. The summed E-state index contributed by atoms with van der Waals surface area (Å²) in [6.45, 7) is 0.746. The van der Waals surface area contributed by atoms with E-state index in [0.29, 0.717) is 22.6 Å². The van der Waals surface area contributed by atoms with Crippen LogP contribution >= 0.6 is 0 Å². The Morgan fingerprint density at radius 1 is 0.848 bits per heavy atom. The van der Waals surface area contributed by atoms with Gasteiger partial charge in [0.25, 0.3) is 0 Å². The van der Waals surface area contributed by atoms with Crippen molar-refractivity contribution in [2.24, 2.45) is 5.92 Å². The molecule has 7 heteroatoms. The fourth-order valence-electron chi connectivity index (χ4n) is 3.37. The summed E-state index contributed by atoms with van der Waals surface area (Å²) in [7, 11) is 0. The molecule has 0 spiro atoms. The van der Waals surface area contributed by atoms with Crippen LogP contribution in [0.4, 0.5) is 8.78 Å². The van der Waals surface area contributed by atoms with Gasteiger partial charge in [-0.05, 0) is 47.9 Å². The monoisotopic (exact) mass is 451 g/mol. The third-order valence-corrected chi connectivity index (χ3v) is 4.88. The van der Waals surface area contributed by atoms with Crippen molar-refractivity contribution in [2.75, 3.05) is 0 Å². The molecule has 0 N–H and O–H groups in total. The Hall–Kier alpha value is -3.92. The highest BCUT2D eigenvalue weighted by Crippen LogP contribution is 2.31. The second-order valence-corrected chi connectivity index (χ2v) is 7.60. The number of carbonyl (C=O) groups excluding carboxylic acids is 1. The summed E-state index contributed by atoms with van der Waals surface area (Å²) in [5, 5.41) is 9.66. The van der Waals surface area contributed by atoms with E-state index in [2.05, 4.69) is 4.74 Å². The van der Waals surface area contributed by atoms with Crippen LogP contribution in [0.2, 0.25) is 0 Å². The van der Waals surface area contributed by atoms with E-state index in [1.807, 2.05) is 38.1 Å². The lowest BCUT2D eigenvalue weighted by Gasteiger charge is -2.22. The van der Waals surface area contributed by atoms with Gasteiger partial charge >= 0.3 is 12.6 Å². The second kappa shape index (κ2) is 11.1. The van der Waals surface area contributed by atoms with E-state index in [4.69, 9.17) is 9.47 Å². The van der Waals surface area contributed by atoms with Gasteiger partial charge in [0.05, 0.1) is 5.92 Å². The van der Waals surface area contributed by atoms with Gasteiger partial charge in [-0.1, -0.05) is 56.3 Å². The Labute approximate surface area is 191 Å². The molecule has 0 saturated heterocycles. The van der Waals surface area contributed by atoms with E-state index in [9.17, 15) is 18.8 Å². The standard InChI is InChI=1S/C26H23F2NO4/c1-17(2)24(18-11-13-21(14-12-18)32-26(27)28)25(30)33-23(16-29)19-7-6-10-22(15-19)31-20-8-4-3-5-9-20/h3-15,17,23-24,26H,1-2H3/t23?,24-/m0/s1. The van der Waals surface area contributed by atoms with Crippen LogP contribution in [-0.2, 0) is 9.53 Å². The summed E-state index contributed by atoms with van der Waals surface area (Å²) in [5.74, 6) is -0.302. The van der Waals surface area contributed by atoms with Gasteiger partial charge in [-0.25, -0.2) is 0 Å². The Morgan fingerprint density at radius 3 is 2.12 bits per heavy atom. The van der Waals surface area contributed by atoms with Gasteiger partial charge in [-0.15, -0.1) is 0 Å². The molecule has 0 heterocycles. The zero-order valence-corrected chi connectivity index (χ0v) is 18.2. The van der Waals surface area contributed by atoms with Gasteiger partial charge < -0.3 is 14.2 Å². The Balaban J connectivity index is 1.76. The van der Waals surface area contributed by atoms with Crippen LogP contribution in [0, 0.1) is 17.2 Å². The van der Waals surface area contributed by atoms with E-state index in [1.54, 1.807) is 48.5 Å². The molecule has 0 aliphatic heterocycles. The number of ether oxygens (including phenoxy) is 3. The number of nitriles is 1. The van der Waals surface area contributed by atoms with Gasteiger partial charge in [0.2, 0.25) is 6.10 Å². The molecule has 1 unspecified atom stereocenters. The molecule has 0 aromatic heterocycles. The molecule has 0 amide bonds. The van der Waals surface area contributed by atoms with Crippen molar-refractivity contribution < 1.29 is 27.8 Å². The number of para-hydroxylation sites is 1. The van der Waals surface area contributed by atoms with Crippen molar-refractivity contribution in [2.45, 2.75) is 32.5 Å². The topological polar surface area (TPSA) is 68.6 Å². The number of alkyl halides is 2. The average molecular weight is 451 g/mol. The van der Waals surface area contributed by atoms with Crippen molar-refractivity contribution in [1.29, 1.82) is 5.26 Å². The van der Waals surface area contributed by atoms with E-state index in [1.165, 1.54) is 12.1 Å². The van der Waals surface area contributed by atoms with Crippen molar-refractivity contribution in [1.82, 2.24) is 0 Å². The maximum atomic E-state index is 13.0. The van der Waals surface area contributed by atoms with Crippen molar-refractivity contribution in [3.8, 4) is 23.3 Å². The number of rotatable bonds is 9. The molecular weight excluding hydrogens is 428 g/mol. The molecule has 0 saturated carbocycles. The van der Waals surface area contributed by atoms with E-state index >= 15 is 0 Å². The Kier molecular flexibility index (Phi) is 7.98. The smallest absolute Gasteiger partial charge is 0.387 e. The van der Waals surface area contributed by atoms with E-state index in [-0.39, 0.29) is 11.7 Å². The van der Waals surface area contributed by atoms with Crippen LogP contribution in [0.3, 0.4) is 0 Å². The summed E-state index contributed by atoms with van der Waals surface area (Å²) >= 11 is 0. The molecule has 0 aliphatic carbocycles. The third-order valence-electron chi connectivity index (χ3n) is 4.88. The Morgan fingerprint density at radius 2 is 1.52 bits per heavy atom. The zero-order chi connectivity index (χ0) is 23.8. The lowest BCUT2D eigenvalue weighted by Crippen LogP contribution is -2.22. The van der Waals surface area contributed by atoms with Gasteiger partial charge in [0.15, 0.2) is 0 Å². The predicted molar refractivity (Wildman–Crippen MR) is 118 cm³/mol. The first-order valence-corrected chi connectivity index (χ1v) is 10.3. The highest BCUT2D eigenvalue weighted by Gasteiger charge is 2.29. The summed E-state index contributed by atoms with van der Waals surface area (Å²) < 4.78 is 40.5. The van der Waals surface area contributed by atoms with Crippen LogP contribution < -0.4 is 9.47 Å². The molecule has 33 heavy (non-hydrogen) atoms. The minimum atomic E-state index is -2.93. The number of halogens is 2. The zero-order valence-electron chi connectivity index (χ0n) is 18.2. The third kappa shape index (κ3) is 6.53. The molecule has 0 aliphatic rings. The first-order chi connectivity index (χ1) is 15.9. The number of benzene rings is 3. The summed E-state index contributed by atoms with van der Waals surface area (Å²) in [6.07, 6.45) is -1.14. The lowest BCUT2D eigenvalue weighted by atomic mass is 9.88. The van der Waals surface area contributed by atoms with Gasteiger partial charge in [-0.3, -0.25) is 4.79 Å². The molecular formula is C26H23F2NO4. The summed E-state index contributed by atoms with van der Waals surface area (Å²) in [6, 6.07) is 23.8. The van der Waals surface area contributed by atoms with Crippen molar-refractivity contribution in [3.05, 3.63) is 90.0 Å². The number of esters is 1. The first kappa shape index (κ1) is 23.7. The molecule has 170 valence electrons. The molecule has 0 radical (unpaired) electrons. The first-order valence-electron chi connectivity index (χ1n) is 10.3. The molecule has 0 bridgehead atoms. The van der Waals surface area contributed by atoms with Crippen molar-refractivity contribution >= 4 is 5.97 Å². The molecule has 3 aromatic rings. The lowest BCUT2D eigenvalue weighted by molar-refractivity contribution is -0.150. The van der Waals surface area contributed by atoms with Gasteiger partial charge in [-0.2, -0.15) is 14.0 Å². The van der Waals surface area contributed by atoms with Crippen LogP contribution in [0.1, 0.15) is 37.0 Å². The van der Waals surface area contributed by atoms with Gasteiger partial charge in [0, 0.05) is 5.56 Å². The van der Waals surface area contributed by atoms with E-state index < -0.39 is 24.6 Å². The minimum absolute atomic E-state index is 0.00486. The maximum absolute atomic E-state index is 13.0. The van der Waals surface area contributed by atoms with Crippen LogP contribution in [-0.4, -0.2) is 12.6 Å². The number of carbonyl (C=O) groups is 1.